The van der Waals surface area contributed by atoms with Crippen molar-refractivity contribution in [2.24, 2.45) is 0 Å². The van der Waals surface area contributed by atoms with Crippen LogP contribution in [-0.2, 0) is 16.0 Å². The number of carboxylic acid groups (broad SMARTS) is 1. The van der Waals surface area contributed by atoms with Crippen molar-refractivity contribution >= 4 is 17.7 Å². The monoisotopic (exact) mass is 412 g/mol. The highest BCUT2D eigenvalue weighted by atomic mass is 16.5. The Labute approximate surface area is 178 Å². The van der Waals surface area contributed by atoms with Gasteiger partial charge in [-0.3, -0.25) is 4.90 Å². The Morgan fingerprint density at radius 3 is 2.43 bits per heavy atom. The number of amides is 2. The number of hydrogen-bond donors (Lipinski definition) is 2. The van der Waals surface area contributed by atoms with Crippen LogP contribution in [0.2, 0.25) is 0 Å². The Hall–Kier alpha value is -2.86. The summed E-state index contributed by atoms with van der Waals surface area (Å²) in [5, 5.41) is 12.2. The van der Waals surface area contributed by atoms with Gasteiger partial charge in [-0.25, -0.2) is 9.59 Å². The molecule has 0 radical (unpaired) electrons. The molecule has 2 aromatic carbocycles. The second-order valence-electron chi connectivity index (χ2n) is 7.23. The summed E-state index contributed by atoms with van der Waals surface area (Å²) in [6.45, 7) is 4.96. The van der Waals surface area contributed by atoms with E-state index in [-0.39, 0.29) is 6.03 Å². The molecule has 6 heteroatoms. The van der Waals surface area contributed by atoms with Crippen LogP contribution in [0.4, 0.5) is 10.5 Å². The molecule has 0 aliphatic heterocycles. The number of carbonyl (C=O) groups excluding carboxylic acids is 1. The number of hydrogen-bond acceptors (Lipinski definition) is 3. The maximum Gasteiger partial charge on any atom is 0.333 e. The molecule has 162 valence electrons. The summed E-state index contributed by atoms with van der Waals surface area (Å²) in [6, 6.07) is 15.4. The van der Waals surface area contributed by atoms with Gasteiger partial charge >= 0.3 is 12.0 Å². The van der Waals surface area contributed by atoms with Gasteiger partial charge in [-0.2, -0.15) is 0 Å². The van der Waals surface area contributed by atoms with Crippen LogP contribution in [0.5, 0.6) is 0 Å². The second-order valence-corrected chi connectivity index (χ2v) is 7.23. The molecule has 0 saturated carbocycles. The van der Waals surface area contributed by atoms with Gasteiger partial charge in [-0.05, 0) is 42.2 Å². The molecule has 2 rings (SSSR count). The first kappa shape index (κ1) is 23.4. The minimum absolute atomic E-state index is 0.116. The molecule has 2 amide bonds. The summed E-state index contributed by atoms with van der Waals surface area (Å²) in [4.78, 5) is 25.3. The first-order valence-electron chi connectivity index (χ1n) is 10.5. The molecule has 0 saturated heterocycles. The van der Waals surface area contributed by atoms with Crippen LogP contribution in [0.25, 0.3) is 11.1 Å². The van der Waals surface area contributed by atoms with Gasteiger partial charge in [0.05, 0.1) is 0 Å². The lowest BCUT2D eigenvalue weighted by Crippen LogP contribution is -2.37. The number of carbonyl (C=O) groups is 2. The van der Waals surface area contributed by atoms with Crippen molar-refractivity contribution in [2.75, 3.05) is 25.1 Å². The fourth-order valence-electron chi connectivity index (χ4n) is 3.17. The van der Waals surface area contributed by atoms with Crippen molar-refractivity contribution in [1.29, 1.82) is 0 Å². The lowest BCUT2D eigenvalue weighted by atomic mass is 10.0. The van der Waals surface area contributed by atoms with E-state index in [0.717, 1.165) is 41.6 Å². The number of rotatable bonds is 11. The molecule has 0 aliphatic rings. The molecule has 6 nitrogen and oxygen atoms in total. The summed E-state index contributed by atoms with van der Waals surface area (Å²) in [5.41, 5.74) is 3.70. The number of anilines is 1. The van der Waals surface area contributed by atoms with Crippen LogP contribution in [0.3, 0.4) is 0 Å². The predicted octanol–water partition coefficient (Wildman–Crippen LogP) is 4.72. The van der Waals surface area contributed by atoms with Crippen molar-refractivity contribution in [3.8, 4) is 11.1 Å². The van der Waals surface area contributed by atoms with Crippen LogP contribution in [-0.4, -0.2) is 43.4 Å². The average Bonchev–Trinajstić information content (AvgIpc) is 2.76. The van der Waals surface area contributed by atoms with E-state index in [4.69, 9.17) is 4.74 Å². The number of urea groups is 1. The Morgan fingerprint density at radius 1 is 1.07 bits per heavy atom. The lowest BCUT2D eigenvalue weighted by molar-refractivity contribution is -0.149. The van der Waals surface area contributed by atoms with Gasteiger partial charge in [0.1, 0.15) is 0 Å². The van der Waals surface area contributed by atoms with Crippen molar-refractivity contribution in [3.63, 3.8) is 0 Å². The molecule has 1 unspecified atom stereocenters. The molecule has 1 atom stereocenters. The minimum atomic E-state index is -0.954. The topological polar surface area (TPSA) is 78.9 Å². The van der Waals surface area contributed by atoms with Gasteiger partial charge in [0.15, 0.2) is 6.10 Å². The zero-order valence-corrected chi connectivity index (χ0v) is 18.1. The van der Waals surface area contributed by atoms with Crippen molar-refractivity contribution in [1.82, 2.24) is 5.32 Å². The third-order valence-electron chi connectivity index (χ3n) is 4.95. The summed E-state index contributed by atoms with van der Waals surface area (Å²) in [7, 11) is 1.76. The van der Waals surface area contributed by atoms with Gasteiger partial charge in [-0.1, -0.05) is 56.2 Å². The minimum Gasteiger partial charge on any atom is -0.479 e. The number of nitrogens with one attached hydrogen (secondary N) is 1. The van der Waals surface area contributed by atoms with E-state index in [0.29, 0.717) is 19.6 Å². The van der Waals surface area contributed by atoms with Gasteiger partial charge in [0.25, 0.3) is 0 Å². The standard InChI is InChI=1S/C24H32N2O4/c1-4-6-7-15-25-24(29)26(3)21-10-8-9-20(17-21)19-13-11-18(12-14-19)16-22(23(27)28)30-5-2/h8-14,17,22H,4-7,15-16H2,1-3H3,(H,25,29)(H,27,28). The van der Waals surface area contributed by atoms with Crippen molar-refractivity contribution in [2.45, 2.75) is 45.6 Å². The zero-order valence-electron chi connectivity index (χ0n) is 18.1. The van der Waals surface area contributed by atoms with Crippen LogP contribution in [0.15, 0.2) is 48.5 Å². The molecular weight excluding hydrogens is 380 g/mol. The summed E-state index contributed by atoms with van der Waals surface area (Å²) >= 11 is 0. The second kappa shape index (κ2) is 12.0. The number of nitrogens with zero attached hydrogens (tertiary/aromatic N) is 1. The van der Waals surface area contributed by atoms with Crippen LogP contribution < -0.4 is 10.2 Å². The molecule has 0 aliphatic carbocycles. The molecule has 2 N–H and O–H groups in total. The number of carboxylic acids is 1. The quantitative estimate of drug-likeness (QED) is 0.523. The smallest absolute Gasteiger partial charge is 0.333 e. The van der Waals surface area contributed by atoms with Gasteiger partial charge in [0, 0.05) is 32.3 Å². The number of ether oxygens (including phenoxy) is 1. The van der Waals surface area contributed by atoms with E-state index >= 15 is 0 Å². The highest BCUT2D eigenvalue weighted by Crippen LogP contribution is 2.25. The van der Waals surface area contributed by atoms with Gasteiger partial charge in [0.2, 0.25) is 0 Å². The van der Waals surface area contributed by atoms with Crippen LogP contribution >= 0.6 is 0 Å². The van der Waals surface area contributed by atoms with E-state index in [1.54, 1.807) is 18.9 Å². The SMILES string of the molecule is CCCCCNC(=O)N(C)c1cccc(-c2ccc(CC(OCC)C(=O)O)cc2)c1. The first-order chi connectivity index (χ1) is 14.5. The van der Waals surface area contributed by atoms with E-state index < -0.39 is 12.1 Å². The lowest BCUT2D eigenvalue weighted by Gasteiger charge is -2.19. The Morgan fingerprint density at radius 2 is 1.80 bits per heavy atom. The maximum atomic E-state index is 12.4. The highest BCUT2D eigenvalue weighted by Gasteiger charge is 2.18. The third kappa shape index (κ3) is 6.88. The predicted molar refractivity (Wildman–Crippen MR) is 120 cm³/mol. The number of aliphatic carboxylic acids is 1. The van der Waals surface area contributed by atoms with Crippen molar-refractivity contribution in [3.05, 3.63) is 54.1 Å². The third-order valence-corrected chi connectivity index (χ3v) is 4.95. The van der Waals surface area contributed by atoms with Crippen LogP contribution in [0, 0.1) is 0 Å². The largest absolute Gasteiger partial charge is 0.479 e. The van der Waals surface area contributed by atoms with E-state index in [1.165, 1.54) is 0 Å². The number of benzene rings is 2. The Kier molecular flexibility index (Phi) is 9.35. The van der Waals surface area contributed by atoms with Gasteiger partial charge < -0.3 is 15.2 Å². The Bertz CT molecular complexity index is 820. The fourth-order valence-corrected chi connectivity index (χ4v) is 3.17. The normalized spacial score (nSPS) is 11.7. The molecule has 0 spiro atoms. The molecule has 0 aromatic heterocycles. The molecule has 0 bridgehead atoms. The van der Waals surface area contributed by atoms with E-state index in [2.05, 4.69) is 12.2 Å². The van der Waals surface area contributed by atoms with Crippen molar-refractivity contribution < 1.29 is 19.4 Å². The first-order valence-corrected chi connectivity index (χ1v) is 10.5. The highest BCUT2D eigenvalue weighted by molar-refractivity contribution is 5.92. The Balaban J connectivity index is 2.06. The zero-order chi connectivity index (χ0) is 21.9. The van der Waals surface area contributed by atoms with Crippen LogP contribution in [0.1, 0.15) is 38.7 Å². The molecule has 0 fully saturated rings. The molecular formula is C24H32N2O4. The summed E-state index contributed by atoms with van der Waals surface area (Å²) in [5.74, 6) is -0.954. The van der Waals surface area contributed by atoms with E-state index in [9.17, 15) is 14.7 Å². The maximum absolute atomic E-state index is 12.4. The fraction of sp³-hybridized carbons (Fsp3) is 0.417. The summed E-state index contributed by atoms with van der Waals surface area (Å²) in [6.07, 6.45) is 2.69. The number of unbranched alkanes of at least 4 members (excludes halogenated alkanes) is 2. The molecule has 30 heavy (non-hydrogen) atoms. The van der Waals surface area contributed by atoms with Gasteiger partial charge in [-0.15, -0.1) is 0 Å². The average molecular weight is 413 g/mol. The molecule has 0 heterocycles. The summed E-state index contributed by atoms with van der Waals surface area (Å²) < 4.78 is 5.29. The van der Waals surface area contributed by atoms with E-state index in [1.807, 2.05) is 48.5 Å². The molecule has 2 aromatic rings.